The Morgan fingerprint density at radius 3 is 2.66 bits per heavy atom. The van der Waals surface area contributed by atoms with Crippen LogP contribution in [0, 0.1) is 11.3 Å². The van der Waals surface area contributed by atoms with Gasteiger partial charge in [-0.25, -0.2) is 14.5 Å². The van der Waals surface area contributed by atoms with Crippen molar-refractivity contribution in [3.63, 3.8) is 0 Å². The Hall–Kier alpha value is -3.53. The third-order valence-electron chi connectivity index (χ3n) is 6.97. The Kier molecular flexibility index (Phi) is 6.14. The highest BCUT2D eigenvalue weighted by atomic mass is 35.5. The summed E-state index contributed by atoms with van der Waals surface area (Å²) >= 11 is 6.09. The fourth-order valence-corrected chi connectivity index (χ4v) is 5.10. The zero-order chi connectivity index (χ0) is 24.6. The van der Waals surface area contributed by atoms with Crippen molar-refractivity contribution in [3.05, 3.63) is 47.4 Å². The molecule has 2 amide bonds. The number of halogens is 1. The van der Waals surface area contributed by atoms with Crippen LogP contribution in [0.2, 0.25) is 5.15 Å². The van der Waals surface area contributed by atoms with Gasteiger partial charge in [0.1, 0.15) is 11.3 Å². The maximum atomic E-state index is 12.6. The maximum absolute atomic E-state index is 12.6. The first kappa shape index (κ1) is 23.2. The molecule has 35 heavy (non-hydrogen) atoms. The first-order valence-electron chi connectivity index (χ1n) is 11.6. The number of pyridine rings is 2. The Balaban J connectivity index is 1.22. The number of carbonyl (C=O) groups is 2. The zero-order valence-corrected chi connectivity index (χ0v) is 20.2. The number of carbonyl (C=O) groups excluding carboxylic acids is 2. The molecule has 10 nitrogen and oxygen atoms in total. The molecule has 2 aliphatic rings. The van der Waals surface area contributed by atoms with E-state index in [0.29, 0.717) is 33.9 Å². The van der Waals surface area contributed by atoms with Crippen molar-refractivity contribution in [2.45, 2.75) is 45.1 Å². The molecule has 0 unspecified atom stereocenters. The molecule has 0 aromatic carbocycles. The topological polar surface area (TPSA) is 124 Å². The Bertz CT molecular complexity index is 1250. The zero-order valence-electron chi connectivity index (χ0n) is 19.5. The Morgan fingerprint density at radius 1 is 1.20 bits per heavy atom. The van der Waals surface area contributed by atoms with Gasteiger partial charge < -0.3 is 10.1 Å². The van der Waals surface area contributed by atoms with Crippen LogP contribution in [-0.2, 0) is 16.6 Å². The lowest BCUT2D eigenvalue weighted by Crippen LogP contribution is -2.47. The smallest absolute Gasteiger partial charge is 0.413 e. The molecule has 3 aromatic rings. The predicted molar refractivity (Wildman–Crippen MR) is 130 cm³/mol. The van der Waals surface area contributed by atoms with Crippen LogP contribution in [0.1, 0.15) is 50.7 Å². The number of nitrogens with zero attached hydrogens (tertiary/aromatic N) is 5. The lowest BCUT2D eigenvalue weighted by molar-refractivity contribution is -0.131. The number of hydrogen-bond acceptors (Lipinski definition) is 7. The van der Waals surface area contributed by atoms with E-state index in [1.807, 2.05) is 0 Å². The summed E-state index contributed by atoms with van der Waals surface area (Å²) in [6, 6.07) is 6.95. The molecule has 2 aliphatic carbocycles. The number of rotatable bonds is 6. The summed E-state index contributed by atoms with van der Waals surface area (Å²) in [6.45, 7) is 1.70. The molecule has 5 rings (SSSR count). The van der Waals surface area contributed by atoms with Gasteiger partial charge in [0.15, 0.2) is 11.5 Å². The van der Waals surface area contributed by atoms with Gasteiger partial charge in [-0.3, -0.25) is 15.1 Å². The lowest BCUT2D eigenvalue weighted by Gasteiger charge is -2.53. The monoisotopic (exact) mass is 495 g/mol. The third-order valence-corrected chi connectivity index (χ3v) is 7.29. The largest absolute Gasteiger partial charge is 0.441 e. The van der Waals surface area contributed by atoms with E-state index in [1.54, 1.807) is 50.6 Å². The average molecular weight is 496 g/mol. The average Bonchev–Trinajstić information content (AvgIpc) is 3.12. The molecular weight excluding hydrogens is 470 g/mol. The van der Waals surface area contributed by atoms with E-state index in [2.05, 4.69) is 30.9 Å². The second-order valence-corrected chi connectivity index (χ2v) is 9.70. The van der Waals surface area contributed by atoms with Crippen molar-refractivity contribution >= 4 is 35.1 Å². The Labute approximate surface area is 207 Å². The van der Waals surface area contributed by atoms with Crippen LogP contribution >= 0.6 is 11.6 Å². The molecule has 1 spiro atoms. The first-order chi connectivity index (χ1) is 16.8. The van der Waals surface area contributed by atoms with Crippen LogP contribution in [0.25, 0.3) is 11.4 Å². The molecule has 0 bridgehead atoms. The van der Waals surface area contributed by atoms with Gasteiger partial charge in [0.05, 0.1) is 17.6 Å². The number of hydrogen-bond donors (Lipinski definition) is 2. The van der Waals surface area contributed by atoms with E-state index in [4.69, 9.17) is 16.3 Å². The number of aromatic nitrogens is 5. The first-order valence-corrected chi connectivity index (χ1v) is 12.0. The van der Waals surface area contributed by atoms with Crippen molar-refractivity contribution in [3.8, 4) is 11.4 Å². The van der Waals surface area contributed by atoms with E-state index < -0.39 is 12.2 Å². The van der Waals surface area contributed by atoms with Crippen LogP contribution in [0.5, 0.6) is 0 Å². The second-order valence-electron chi connectivity index (χ2n) is 9.35. The van der Waals surface area contributed by atoms with Crippen molar-refractivity contribution in [2.75, 3.05) is 10.6 Å². The molecule has 2 saturated carbocycles. The molecule has 3 heterocycles. The molecule has 182 valence electrons. The molecule has 0 saturated heterocycles. The quantitative estimate of drug-likeness (QED) is 0.472. The van der Waals surface area contributed by atoms with Crippen molar-refractivity contribution in [1.29, 1.82) is 0 Å². The van der Waals surface area contributed by atoms with Gasteiger partial charge in [-0.1, -0.05) is 29.3 Å². The van der Waals surface area contributed by atoms with Crippen LogP contribution in [-0.4, -0.2) is 37.0 Å². The molecule has 3 aromatic heterocycles. The summed E-state index contributed by atoms with van der Waals surface area (Å²) in [7, 11) is 1.65. The third kappa shape index (κ3) is 4.70. The minimum Gasteiger partial charge on any atom is -0.441 e. The normalized spacial score (nSPS) is 17.2. The van der Waals surface area contributed by atoms with Crippen molar-refractivity contribution in [2.24, 2.45) is 18.4 Å². The summed E-state index contributed by atoms with van der Waals surface area (Å²) in [6.07, 6.45) is 7.60. The van der Waals surface area contributed by atoms with E-state index in [0.717, 1.165) is 12.8 Å². The van der Waals surface area contributed by atoms with Crippen LogP contribution < -0.4 is 10.6 Å². The van der Waals surface area contributed by atoms with Crippen LogP contribution in [0.3, 0.4) is 0 Å². The summed E-state index contributed by atoms with van der Waals surface area (Å²) in [4.78, 5) is 33.5. The van der Waals surface area contributed by atoms with E-state index in [1.165, 1.54) is 23.9 Å². The molecular formula is C24H26ClN7O3. The van der Waals surface area contributed by atoms with Crippen LogP contribution in [0.4, 0.5) is 16.3 Å². The van der Waals surface area contributed by atoms with Gasteiger partial charge in [-0.2, -0.15) is 0 Å². The van der Waals surface area contributed by atoms with E-state index >= 15 is 0 Å². The maximum Gasteiger partial charge on any atom is 0.413 e. The molecule has 11 heteroatoms. The predicted octanol–water partition coefficient (Wildman–Crippen LogP) is 4.75. The van der Waals surface area contributed by atoms with Crippen LogP contribution in [0.15, 0.2) is 36.7 Å². The highest BCUT2D eigenvalue weighted by Gasteiger charge is 2.50. The summed E-state index contributed by atoms with van der Waals surface area (Å²) in [5.41, 5.74) is 2.53. The molecule has 0 aliphatic heterocycles. The Morgan fingerprint density at radius 2 is 2.00 bits per heavy atom. The van der Waals surface area contributed by atoms with Gasteiger partial charge in [-0.05, 0) is 56.2 Å². The van der Waals surface area contributed by atoms with Gasteiger partial charge in [0, 0.05) is 24.7 Å². The van der Waals surface area contributed by atoms with Gasteiger partial charge in [-0.15, -0.1) is 5.10 Å². The van der Waals surface area contributed by atoms with Crippen molar-refractivity contribution < 1.29 is 14.3 Å². The number of anilines is 2. The summed E-state index contributed by atoms with van der Waals surface area (Å²) < 4.78 is 6.87. The SMILES string of the molecule is C[C@@H](OC(=O)Nc1c(-c2ccc(NC(=O)C3CC4(CCC4)C3)cn2)nnn1C)c1cccnc1Cl. The number of aryl methyl sites for hydroxylation is 1. The highest BCUT2D eigenvalue weighted by Crippen LogP contribution is 2.58. The van der Waals surface area contributed by atoms with E-state index in [-0.39, 0.29) is 17.0 Å². The lowest BCUT2D eigenvalue weighted by atomic mass is 9.51. The molecule has 2 fully saturated rings. The second kappa shape index (κ2) is 9.26. The summed E-state index contributed by atoms with van der Waals surface area (Å²) in [5, 5.41) is 14.0. The van der Waals surface area contributed by atoms with Gasteiger partial charge >= 0.3 is 6.09 Å². The molecule has 1 atom stereocenters. The number of amides is 2. The van der Waals surface area contributed by atoms with Gasteiger partial charge in [0.2, 0.25) is 5.91 Å². The van der Waals surface area contributed by atoms with Crippen molar-refractivity contribution in [1.82, 2.24) is 25.0 Å². The van der Waals surface area contributed by atoms with Gasteiger partial charge in [0.25, 0.3) is 0 Å². The number of ether oxygens (including phenoxy) is 1. The minimum atomic E-state index is -0.697. The fraction of sp³-hybridized carbons (Fsp3) is 0.417. The van der Waals surface area contributed by atoms with E-state index in [9.17, 15) is 9.59 Å². The summed E-state index contributed by atoms with van der Waals surface area (Å²) in [5.74, 6) is 0.453. The highest BCUT2D eigenvalue weighted by molar-refractivity contribution is 6.30. The standard InChI is InChI=1S/C24H26ClN7O3/c1-14(17-5-3-10-26-20(17)25)35-23(34)29-21-19(30-31-32(21)2)18-7-6-16(13-27-18)28-22(33)15-11-24(12-15)8-4-9-24/h3,5-7,10,13-15H,4,8-9,11-12H2,1-2H3,(H,28,33)(H,29,34)/t14-/m1/s1. The number of nitrogens with one attached hydrogen (secondary N) is 2. The molecule has 0 radical (unpaired) electrons. The molecule has 2 N–H and O–H groups in total. The fourth-order valence-electron chi connectivity index (χ4n) is 4.83. The minimum absolute atomic E-state index is 0.0459.